The van der Waals surface area contributed by atoms with Crippen molar-refractivity contribution in [2.45, 2.75) is 26.2 Å². The number of ether oxygens (including phenoxy) is 2. The Morgan fingerprint density at radius 2 is 2.11 bits per heavy atom. The van der Waals surface area contributed by atoms with Crippen LogP contribution in [0.2, 0.25) is 0 Å². The predicted molar refractivity (Wildman–Crippen MR) is 108 cm³/mol. The normalized spacial score (nSPS) is 12.4. The monoisotopic (exact) mass is 453 g/mol. The van der Waals surface area contributed by atoms with Crippen LogP contribution in [0.5, 0.6) is 5.75 Å². The fraction of sp³-hybridized carbons (Fsp3) is 0.421. The highest BCUT2D eigenvalue weighted by Gasteiger charge is 2.22. The van der Waals surface area contributed by atoms with Crippen LogP contribution in [0.15, 0.2) is 16.5 Å². The minimum absolute atomic E-state index is 0.0933. The molecule has 2 aromatic heterocycles. The van der Waals surface area contributed by atoms with Gasteiger partial charge < -0.3 is 13.9 Å². The number of carbonyl (C=O) groups excluding carboxylic acids is 2. The van der Waals surface area contributed by atoms with Crippen molar-refractivity contribution in [1.29, 1.82) is 0 Å². The number of methoxy groups -OCH3 is 2. The molecule has 144 valence electrons. The number of aromatic nitrogens is 1. The number of fused-ring (bicyclic) bond motifs is 3. The molecule has 0 bridgehead atoms. The summed E-state index contributed by atoms with van der Waals surface area (Å²) in [4.78, 5) is 29.4. The van der Waals surface area contributed by atoms with Crippen LogP contribution >= 0.6 is 27.3 Å². The molecule has 0 aliphatic heterocycles. The molecule has 0 saturated carbocycles. The average Bonchev–Trinajstić information content (AvgIpc) is 3.28. The second-order valence-electron chi connectivity index (χ2n) is 6.23. The first-order valence-electron chi connectivity index (χ1n) is 8.55. The molecule has 0 unspecified atom stereocenters. The second kappa shape index (κ2) is 8.39. The molecule has 1 aromatic carbocycles. The van der Waals surface area contributed by atoms with Crippen LogP contribution in [0, 0.1) is 5.92 Å². The maximum absolute atomic E-state index is 12.6. The van der Waals surface area contributed by atoms with Gasteiger partial charge in [0.05, 0.1) is 25.0 Å². The lowest BCUT2D eigenvalue weighted by Crippen LogP contribution is -2.16. The molecule has 0 saturated heterocycles. The van der Waals surface area contributed by atoms with Crippen LogP contribution in [-0.4, -0.2) is 36.3 Å². The van der Waals surface area contributed by atoms with Crippen molar-refractivity contribution in [2.75, 3.05) is 19.5 Å². The SMILES string of the molecule is COC(=O)[C@@H](C)CC(=O)c1cc2c(cc(OC)c3oc(CCCBr)nc32)s1. The molecule has 0 aliphatic carbocycles. The first kappa shape index (κ1) is 19.8. The summed E-state index contributed by atoms with van der Waals surface area (Å²) in [5.41, 5.74) is 1.29. The Bertz CT molecular complexity index is 993. The highest BCUT2D eigenvalue weighted by atomic mass is 79.9. The Morgan fingerprint density at radius 1 is 1.33 bits per heavy atom. The van der Waals surface area contributed by atoms with Crippen molar-refractivity contribution in [3.63, 3.8) is 0 Å². The number of hydrogen-bond donors (Lipinski definition) is 0. The zero-order chi connectivity index (χ0) is 19.6. The van der Waals surface area contributed by atoms with Gasteiger partial charge in [0.1, 0.15) is 5.52 Å². The van der Waals surface area contributed by atoms with Gasteiger partial charge in [-0.25, -0.2) is 4.98 Å². The van der Waals surface area contributed by atoms with E-state index in [1.54, 1.807) is 14.0 Å². The van der Waals surface area contributed by atoms with E-state index in [4.69, 9.17) is 13.9 Å². The molecule has 2 heterocycles. The van der Waals surface area contributed by atoms with Gasteiger partial charge in [0.15, 0.2) is 23.0 Å². The van der Waals surface area contributed by atoms with Gasteiger partial charge in [0, 0.05) is 34.3 Å². The number of oxazole rings is 1. The lowest BCUT2D eigenvalue weighted by molar-refractivity contribution is -0.144. The quantitative estimate of drug-likeness (QED) is 0.278. The molecule has 3 rings (SSSR count). The molecule has 3 aromatic rings. The topological polar surface area (TPSA) is 78.6 Å². The summed E-state index contributed by atoms with van der Waals surface area (Å²) >= 11 is 4.78. The number of hydrogen-bond acceptors (Lipinski definition) is 7. The Kier molecular flexibility index (Phi) is 6.16. The number of rotatable bonds is 8. The van der Waals surface area contributed by atoms with E-state index < -0.39 is 5.92 Å². The fourth-order valence-corrected chi connectivity index (χ4v) is 4.20. The summed E-state index contributed by atoms with van der Waals surface area (Å²) in [5, 5.41) is 1.73. The molecule has 0 radical (unpaired) electrons. The van der Waals surface area contributed by atoms with Crippen molar-refractivity contribution in [2.24, 2.45) is 5.92 Å². The molecule has 27 heavy (non-hydrogen) atoms. The number of Topliss-reactive ketones (excluding diaryl/α,β-unsaturated/α-hetero) is 1. The lowest BCUT2D eigenvalue weighted by Gasteiger charge is -2.06. The lowest BCUT2D eigenvalue weighted by atomic mass is 10.0. The maximum atomic E-state index is 12.6. The van der Waals surface area contributed by atoms with E-state index in [0.29, 0.717) is 27.6 Å². The number of ketones is 1. The molecule has 0 fully saturated rings. The molecule has 0 amide bonds. The fourth-order valence-electron chi connectivity index (χ4n) is 2.87. The third kappa shape index (κ3) is 4.01. The molecule has 0 spiro atoms. The van der Waals surface area contributed by atoms with E-state index in [9.17, 15) is 9.59 Å². The Morgan fingerprint density at radius 3 is 2.78 bits per heavy atom. The smallest absolute Gasteiger partial charge is 0.308 e. The maximum Gasteiger partial charge on any atom is 0.308 e. The molecule has 6 nitrogen and oxygen atoms in total. The highest BCUT2D eigenvalue weighted by Crippen LogP contribution is 2.38. The number of benzene rings is 1. The zero-order valence-electron chi connectivity index (χ0n) is 15.3. The summed E-state index contributed by atoms with van der Waals surface area (Å²) in [7, 11) is 2.91. The van der Waals surface area contributed by atoms with Crippen molar-refractivity contribution in [1.82, 2.24) is 4.98 Å². The third-order valence-electron chi connectivity index (χ3n) is 4.29. The van der Waals surface area contributed by atoms with E-state index in [-0.39, 0.29) is 18.2 Å². The average molecular weight is 454 g/mol. The van der Waals surface area contributed by atoms with Crippen molar-refractivity contribution in [3.8, 4) is 5.75 Å². The number of nitrogens with zero attached hydrogens (tertiary/aromatic N) is 1. The largest absolute Gasteiger partial charge is 0.493 e. The van der Waals surface area contributed by atoms with Gasteiger partial charge in [-0.2, -0.15) is 0 Å². The van der Waals surface area contributed by atoms with E-state index in [1.807, 2.05) is 12.1 Å². The van der Waals surface area contributed by atoms with Crippen LogP contribution in [0.1, 0.15) is 35.3 Å². The van der Waals surface area contributed by atoms with Crippen molar-refractivity contribution < 1.29 is 23.5 Å². The van der Waals surface area contributed by atoms with Crippen LogP contribution < -0.4 is 4.74 Å². The molecular formula is C19H20BrNO5S. The van der Waals surface area contributed by atoms with Crippen LogP contribution in [0.25, 0.3) is 21.2 Å². The first-order chi connectivity index (χ1) is 13.0. The van der Waals surface area contributed by atoms with Gasteiger partial charge in [0.25, 0.3) is 0 Å². The number of esters is 1. The van der Waals surface area contributed by atoms with E-state index >= 15 is 0 Å². The van der Waals surface area contributed by atoms with Crippen LogP contribution in [0.4, 0.5) is 0 Å². The standard InChI is InChI=1S/C19H20BrNO5S/c1-10(19(23)25-3)7-12(22)15-8-11-14(27-15)9-13(24-2)18-17(11)21-16(26-18)5-4-6-20/h8-10H,4-7H2,1-3H3/t10-/m0/s1. The van der Waals surface area contributed by atoms with Gasteiger partial charge >= 0.3 is 5.97 Å². The summed E-state index contributed by atoms with van der Waals surface area (Å²) in [6.07, 6.45) is 1.74. The predicted octanol–water partition coefficient (Wildman–Crippen LogP) is 4.76. The number of carbonyl (C=O) groups is 2. The molecule has 0 N–H and O–H groups in total. The minimum Gasteiger partial charge on any atom is -0.493 e. The van der Waals surface area contributed by atoms with Crippen LogP contribution in [-0.2, 0) is 16.0 Å². The first-order valence-corrected chi connectivity index (χ1v) is 10.5. The third-order valence-corrected chi connectivity index (χ3v) is 5.97. The zero-order valence-corrected chi connectivity index (χ0v) is 17.7. The Hall–Kier alpha value is -1.93. The second-order valence-corrected chi connectivity index (χ2v) is 8.11. The molecule has 8 heteroatoms. The molecular weight excluding hydrogens is 434 g/mol. The van der Waals surface area contributed by atoms with Crippen molar-refractivity contribution >= 4 is 60.2 Å². The number of aryl methyl sites for hydroxylation is 1. The minimum atomic E-state index is -0.481. The summed E-state index contributed by atoms with van der Waals surface area (Å²) in [5.74, 6) is 0.281. The van der Waals surface area contributed by atoms with Crippen molar-refractivity contribution in [3.05, 3.63) is 22.9 Å². The van der Waals surface area contributed by atoms with Gasteiger partial charge in [-0.1, -0.05) is 22.9 Å². The summed E-state index contributed by atoms with van der Waals surface area (Å²) < 4.78 is 16.9. The van der Waals surface area contributed by atoms with Gasteiger partial charge in [-0.15, -0.1) is 11.3 Å². The van der Waals surface area contributed by atoms with Crippen LogP contribution in [0.3, 0.4) is 0 Å². The number of halogens is 1. The number of thiophene rings is 1. The van der Waals surface area contributed by atoms with Gasteiger partial charge in [-0.3, -0.25) is 9.59 Å². The van der Waals surface area contributed by atoms with E-state index in [0.717, 1.165) is 28.3 Å². The van der Waals surface area contributed by atoms with E-state index in [2.05, 4.69) is 20.9 Å². The highest BCUT2D eigenvalue weighted by molar-refractivity contribution is 9.09. The summed E-state index contributed by atoms with van der Waals surface area (Å²) in [6, 6.07) is 3.69. The van der Waals surface area contributed by atoms with Gasteiger partial charge in [0.2, 0.25) is 0 Å². The molecule has 1 atom stereocenters. The Balaban J connectivity index is 2.00. The van der Waals surface area contributed by atoms with E-state index in [1.165, 1.54) is 18.4 Å². The molecule has 0 aliphatic rings. The Labute approximate surface area is 169 Å². The summed E-state index contributed by atoms with van der Waals surface area (Å²) in [6.45, 7) is 1.69. The van der Waals surface area contributed by atoms with Gasteiger partial charge in [-0.05, 0) is 12.5 Å². The number of alkyl halides is 1.